The van der Waals surface area contributed by atoms with Gasteiger partial charge in [0.15, 0.2) is 0 Å². The third-order valence-corrected chi connectivity index (χ3v) is 5.73. The van der Waals surface area contributed by atoms with Crippen molar-refractivity contribution < 1.29 is 9.90 Å². The monoisotopic (exact) mass is 333 g/mol. The van der Waals surface area contributed by atoms with E-state index in [1.807, 2.05) is 29.0 Å². The Morgan fingerprint density at radius 2 is 2.27 bits per heavy atom. The number of rotatable bonds is 5. The van der Waals surface area contributed by atoms with Gasteiger partial charge in [-0.25, -0.2) is 0 Å². The van der Waals surface area contributed by atoms with Crippen LogP contribution in [0.15, 0.2) is 41.1 Å². The van der Waals surface area contributed by atoms with Crippen LogP contribution >= 0.6 is 22.7 Å². The molecule has 0 saturated carbocycles. The number of hydrogen-bond donors (Lipinski definition) is 2. The second-order valence-corrected chi connectivity index (χ2v) is 7.44. The molecule has 5 heteroatoms. The van der Waals surface area contributed by atoms with Crippen LogP contribution in [-0.2, 0) is 11.3 Å². The van der Waals surface area contributed by atoms with Gasteiger partial charge < -0.3 is 10.4 Å². The first-order valence-electron chi connectivity index (χ1n) is 7.45. The number of hydrogen-bond acceptors (Lipinski definition) is 4. The molecule has 0 aliphatic heterocycles. The first-order valence-corrected chi connectivity index (χ1v) is 9.21. The quantitative estimate of drug-likeness (QED) is 0.816. The van der Waals surface area contributed by atoms with E-state index in [9.17, 15) is 9.90 Å². The number of nitrogens with one attached hydrogen (secondary N) is 1. The molecule has 0 unspecified atom stereocenters. The predicted molar refractivity (Wildman–Crippen MR) is 91.0 cm³/mol. The maximum absolute atomic E-state index is 12.1. The van der Waals surface area contributed by atoms with Gasteiger partial charge in [0.1, 0.15) is 6.10 Å². The Morgan fingerprint density at radius 1 is 1.36 bits per heavy atom. The van der Waals surface area contributed by atoms with Crippen molar-refractivity contribution in [3.8, 4) is 0 Å². The average molecular weight is 333 g/mol. The minimum absolute atomic E-state index is 0.112. The molecule has 22 heavy (non-hydrogen) atoms. The highest BCUT2D eigenvalue weighted by atomic mass is 32.1. The summed E-state index contributed by atoms with van der Waals surface area (Å²) in [6.07, 6.45) is 6.45. The van der Waals surface area contributed by atoms with Crippen LogP contribution in [0.2, 0.25) is 0 Å². The van der Waals surface area contributed by atoms with Gasteiger partial charge in [0.25, 0.3) is 0 Å². The lowest BCUT2D eigenvalue weighted by molar-refractivity contribution is -0.125. The molecule has 0 fully saturated rings. The molecule has 3 nitrogen and oxygen atoms in total. The van der Waals surface area contributed by atoms with Crippen molar-refractivity contribution in [2.75, 3.05) is 0 Å². The Morgan fingerprint density at radius 3 is 3.00 bits per heavy atom. The largest absolute Gasteiger partial charge is 0.383 e. The van der Waals surface area contributed by atoms with E-state index in [-0.39, 0.29) is 11.8 Å². The second kappa shape index (κ2) is 7.22. The maximum Gasteiger partial charge on any atom is 0.223 e. The molecule has 0 spiro atoms. The van der Waals surface area contributed by atoms with Gasteiger partial charge in [-0.1, -0.05) is 12.2 Å². The van der Waals surface area contributed by atoms with E-state index in [1.54, 1.807) is 22.7 Å². The van der Waals surface area contributed by atoms with Gasteiger partial charge in [-0.15, -0.1) is 11.3 Å². The van der Waals surface area contributed by atoms with Crippen molar-refractivity contribution in [3.63, 3.8) is 0 Å². The predicted octanol–water partition coefficient (Wildman–Crippen LogP) is 3.86. The normalized spacial score (nSPS) is 19.0. The number of amides is 1. The second-order valence-electron chi connectivity index (χ2n) is 5.46. The lowest BCUT2D eigenvalue weighted by atomic mass is 9.94. The lowest BCUT2D eigenvalue weighted by Gasteiger charge is -2.16. The minimum Gasteiger partial charge on any atom is -0.383 e. The Kier molecular flexibility index (Phi) is 5.08. The zero-order valence-corrected chi connectivity index (χ0v) is 13.8. The molecule has 3 rings (SSSR count). The van der Waals surface area contributed by atoms with Crippen molar-refractivity contribution in [1.29, 1.82) is 0 Å². The molecule has 2 heterocycles. The zero-order valence-electron chi connectivity index (χ0n) is 12.2. The molecular formula is C17H19NO2S2. The highest BCUT2D eigenvalue weighted by Crippen LogP contribution is 2.29. The number of aliphatic hydroxyl groups is 1. The fourth-order valence-corrected chi connectivity index (χ4v) is 4.23. The molecule has 2 N–H and O–H groups in total. The number of thiophene rings is 2. The summed E-state index contributed by atoms with van der Waals surface area (Å²) in [5.41, 5.74) is 0.927. The third kappa shape index (κ3) is 3.66. The highest BCUT2D eigenvalue weighted by molar-refractivity contribution is 7.12. The lowest BCUT2D eigenvalue weighted by Crippen LogP contribution is -2.30. The average Bonchev–Trinajstić information content (AvgIpc) is 3.24. The number of aliphatic hydroxyl groups excluding tert-OH is 1. The van der Waals surface area contributed by atoms with Gasteiger partial charge in [0.2, 0.25) is 5.91 Å². The van der Waals surface area contributed by atoms with Crippen molar-refractivity contribution in [2.24, 2.45) is 5.92 Å². The summed E-state index contributed by atoms with van der Waals surface area (Å²) in [6, 6.07) is 5.86. The Balaban J connectivity index is 1.55. The van der Waals surface area contributed by atoms with Gasteiger partial charge in [-0.05, 0) is 53.8 Å². The molecular weight excluding hydrogens is 314 g/mol. The van der Waals surface area contributed by atoms with Crippen LogP contribution in [0, 0.1) is 5.92 Å². The van der Waals surface area contributed by atoms with Crippen LogP contribution in [0.1, 0.15) is 40.7 Å². The van der Waals surface area contributed by atoms with Crippen molar-refractivity contribution in [3.05, 3.63) is 56.4 Å². The van der Waals surface area contributed by atoms with E-state index in [0.29, 0.717) is 6.54 Å². The molecule has 2 aromatic rings. The SMILES string of the molecule is O=C(NCc1ccc([C@H](O)c2ccsc2)s1)[C@H]1CC=CCC1. The molecule has 1 aliphatic carbocycles. The van der Waals surface area contributed by atoms with E-state index in [4.69, 9.17) is 0 Å². The number of carbonyl (C=O) groups excluding carboxylic acids is 1. The number of carbonyl (C=O) groups is 1. The fraction of sp³-hybridized carbons (Fsp3) is 0.353. The topological polar surface area (TPSA) is 49.3 Å². The van der Waals surface area contributed by atoms with Gasteiger partial charge in [0.05, 0.1) is 6.54 Å². The highest BCUT2D eigenvalue weighted by Gasteiger charge is 2.19. The zero-order chi connectivity index (χ0) is 15.4. The van der Waals surface area contributed by atoms with Crippen molar-refractivity contribution in [1.82, 2.24) is 5.32 Å². The van der Waals surface area contributed by atoms with Crippen molar-refractivity contribution >= 4 is 28.6 Å². The molecule has 0 aromatic carbocycles. The summed E-state index contributed by atoms with van der Waals surface area (Å²) < 4.78 is 0. The van der Waals surface area contributed by atoms with Crippen LogP contribution in [-0.4, -0.2) is 11.0 Å². The van der Waals surface area contributed by atoms with Crippen molar-refractivity contribution in [2.45, 2.75) is 31.9 Å². The summed E-state index contributed by atoms with van der Waals surface area (Å²) in [4.78, 5) is 14.1. The van der Waals surface area contributed by atoms with E-state index >= 15 is 0 Å². The van der Waals surface area contributed by atoms with Gasteiger partial charge in [-0.3, -0.25) is 4.79 Å². The first-order chi connectivity index (χ1) is 10.7. The maximum atomic E-state index is 12.1. The van der Waals surface area contributed by atoms with Crippen LogP contribution in [0.4, 0.5) is 0 Å². The fourth-order valence-electron chi connectivity index (χ4n) is 2.58. The standard InChI is InChI=1S/C17H19NO2S2/c19-16(13-8-9-21-11-13)15-7-6-14(22-15)10-18-17(20)12-4-2-1-3-5-12/h1-2,6-9,11-12,16,19H,3-5,10H2,(H,18,20)/t12-,16+/m0/s1. The van der Waals surface area contributed by atoms with Crippen LogP contribution in [0.25, 0.3) is 0 Å². The van der Waals surface area contributed by atoms with Crippen LogP contribution in [0.5, 0.6) is 0 Å². The van der Waals surface area contributed by atoms with E-state index < -0.39 is 6.10 Å². The Bertz CT molecular complexity index is 645. The van der Waals surface area contributed by atoms with E-state index in [1.165, 1.54) is 0 Å². The summed E-state index contributed by atoms with van der Waals surface area (Å²) in [5, 5.41) is 17.2. The first kappa shape index (κ1) is 15.5. The molecule has 2 aromatic heterocycles. The van der Waals surface area contributed by atoms with E-state index in [2.05, 4.69) is 17.5 Å². The van der Waals surface area contributed by atoms with E-state index in [0.717, 1.165) is 34.6 Å². The van der Waals surface area contributed by atoms with Gasteiger partial charge >= 0.3 is 0 Å². The molecule has 0 saturated heterocycles. The molecule has 116 valence electrons. The summed E-state index contributed by atoms with van der Waals surface area (Å²) in [6.45, 7) is 0.542. The number of allylic oxidation sites excluding steroid dienone is 2. The Hall–Kier alpha value is -1.43. The molecule has 1 amide bonds. The molecule has 0 radical (unpaired) electrons. The van der Waals surface area contributed by atoms with Crippen LogP contribution < -0.4 is 5.32 Å². The smallest absolute Gasteiger partial charge is 0.223 e. The summed E-state index contributed by atoms with van der Waals surface area (Å²) in [5.74, 6) is 0.249. The molecule has 0 bridgehead atoms. The van der Waals surface area contributed by atoms with Gasteiger partial charge in [0, 0.05) is 15.7 Å². The summed E-state index contributed by atoms with van der Waals surface area (Å²) >= 11 is 3.14. The minimum atomic E-state index is -0.566. The molecule has 2 atom stereocenters. The van der Waals surface area contributed by atoms with Crippen LogP contribution in [0.3, 0.4) is 0 Å². The Labute approximate surface area is 138 Å². The van der Waals surface area contributed by atoms with Gasteiger partial charge in [-0.2, -0.15) is 11.3 Å². The molecule has 1 aliphatic rings. The summed E-state index contributed by atoms with van der Waals surface area (Å²) in [7, 11) is 0. The third-order valence-electron chi connectivity index (χ3n) is 3.89.